The first-order chi connectivity index (χ1) is 10.7. The van der Waals surface area contributed by atoms with Gasteiger partial charge in [-0.2, -0.15) is 0 Å². The minimum absolute atomic E-state index is 0.0563. The first-order valence-electron chi connectivity index (χ1n) is 7.42. The number of amides is 1. The molecule has 1 N–H and O–H groups in total. The zero-order valence-electron chi connectivity index (χ0n) is 12.4. The maximum absolute atomic E-state index is 12.4. The molecule has 1 aliphatic rings. The summed E-state index contributed by atoms with van der Waals surface area (Å²) in [6.07, 6.45) is 2.83. The molecule has 0 aliphatic carbocycles. The largest absolute Gasteiger partial charge is 0.505 e. The number of rotatable bonds is 3. The van der Waals surface area contributed by atoms with Crippen molar-refractivity contribution in [2.24, 2.45) is 0 Å². The Hall–Kier alpha value is -2.40. The number of carbonyl (C=O) groups is 1. The van der Waals surface area contributed by atoms with Crippen LogP contribution in [-0.4, -0.2) is 52.0 Å². The maximum atomic E-state index is 12.4. The average molecular weight is 297 g/mol. The number of carbonyl (C=O) groups excluding carboxylic acids is 1. The van der Waals surface area contributed by atoms with E-state index in [1.54, 1.807) is 11.0 Å². The second-order valence-electron chi connectivity index (χ2n) is 5.45. The summed E-state index contributed by atoms with van der Waals surface area (Å²) in [5, 5.41) is 9.74. The Kier molecular flexibility index (Phi) is 4.34. The molecule has 0 saturated carbocycles. The Morgan fingerprint density at radius 3 is 2.50 bits per heavy atom. The number of aromatic nitrogens is 1. The number of benzene rings is 1. The first-order valence-corrected chi connectivity index (χ1v) is 7.42. The van der Waals surface area contributed by atoms with Crippen molar-refractivity contribution >= 4 is 5.91 Å². The van der Waals surface area contributed by atoms with Crippen LogP contribution < -0.4 is 0 Å². The summed E-state index contributed by atoms with van der Waals surface area (Å²) < 4.78 is 0. The highest BCUT2D eigenvalue weighted by atomic mass is 16.3. The van der Waals surface area contributed by atoms with Crippen molar-refractivity contribution in [2.75, 3.05) is 26.2 Å². The van der Waals surface area contributed by atoms with Gasteiger partial charge >= 0.3 is 0 Å². The molecule has 114 valence electrons. The molecule has 1 aromatic heterocycles. The van der Waals surface area contributed by atoms with Crippen LogP contribution >= 0.6 is 0 Å². The summed E-state index contributed by atoms with van der Waals surface area (Å²) in [7, 11) is 0. The lowest BCUT2D eigenvalue weighted by atomic mass is 10.1. The van der Waals surface area contributed by atoms with Crippen LogP contribution in [0, 0.1) is 0 Å². The van der Waals surface area contributed by atoms with Crippen LogP contribution in [0.25, 0.3) is 0 Å². The van der Waals surface area contributed by atoms with Gasteiger partial charge in [-0.3, -0.25) is 14.7 Å². The van der Waals surface area contributed by atoms with Gasteiger partial charge in [0.15, 0.2) is 0 Å². The Balaban J connectivity index is 1.58. The van der Waals surface area contributed by atoms with Gasteiger partial charge in [0.05, 0.1) is 11.8 Å². The lowest BCUT2D eigenvalue weighted by Gasteiger charge is -2.34. The van der Waals surface area contributed by atoms with Gasteiger partial charge in [0, 0.05) is 38.9 Å². The Labute approximate surface area is 129 Å². The lowest BCUT2D eigenvalue weighted by molar-refractivity contribution is 0.0625. The van der Waals surface area contributed by atoms with Gasteiger partial charge in [0.25, 0.3) is 5.91 Å². The molecular weight excluding hydrogens is 278 g/mol. The summed E-state index contributed by atoms with van der Waals surface area (Å²) in [5.41, 5.74) is 1.61. The monoisotopic (exact) mass is 297 g/mol. The average Bonchev–Trinajstić information content (AvgIpc) is 2.56. The Morgan fingerprint density at radius 1 is 1.09 bits per heavy atom. The van der Waals surface area contributed by atoms with Gasteiger partial charge in [-0.05, 0) is 11.6 Å². The van der Waals surface area contributed by atoms with E-state index in [0.717, 1.165) is 19.6 Å². The number of hydrogen-bond acceptors (Lipinski definition) is 4. The summed E-state index contributed by atoms with van der Waals surface area (Å²) in [6.45, 7) is 3.93. The normalized spacial score (nSPS) is 15.7. The molecule has 1 aromatic carbocycles. The van der Waals surface area contributed by atoms with Crippen molar-refractivity contribution in [3.63, 3.8) is 0 Å². The lowest BCUT2D eigenvalue weighted by Crippen LogP contribution is -2.48. The van der Waals surface area contributed by atoms with E-state index in [-0.39, 0.29) is 11.7 Å². The van der Waals surface area contributed by atoms with Gasteiger partial charge in [-0.1, -0.05) is 30.3 Å². The molecule has 1 saturated heterocycles. The van der Waals surface area contributed by atoms with Gasteiger partial charge in [0.2, 0.25) is 0 Å². The molecule has 2 heterocycles. The third kappa shape index (κ3) is 3.26. The van der Waals surface area contributed by atoms with Gasteiger partial charge in [-0.15, -0.1) is 0 Å². The topological polar surface area (TPSA) is 56.7 Å². The highest BCUT2D eigenvalue weighted by Crippen LogP contribution is 2.18. The van der Waals surface area contributed by atoms with E-state index < -0.39 is 0 Å². The van der Waals surface area contributed by atoms with Crippen LogP contribution in [0.4, 0.5) is 0 Å². The van der Waals surface area contributed by atoms with E-state index in [9.17, 15) is 9.90 Å². The molecule has 1 aliphatic heterocycles. The minimum atomic E-state index is -0.126. The van der Waals surface area contributed by atoms with E-state index in [2.05, 4.69) is 22.0 Å². The number of aromatic hydroxyl groups is 1. The number of nitrogens with zero attached hydrogens (tertiary/aromatic N) is 3. The Morgan fingerprint density at radius 2 is 1.82 bits per heavy atom. The molecule has 2 aromatic rings. The molecule has 0 spiro atoms. The first kappa shape index (κ1) is 14.5. The number of hydrogen-bond donors (Lipinski definition) is 1. The number of pyridine rings is 1. The van der Waals surface area contributed by atoms with E-state index in [0.29, 0.717) is 18.7 Å². The minimum Gasteiger partial charge on any atom is -0.505 e. The third-order valence-electron chi connectivity index (χ3n) is 3.94. The van der Waals surface area contributed by atoms with Crippen LogP contribution in [0.15, 0.2) is 48.8 Å². The molecule has 22 heavy (non-hydrogen) atoms. The molecule has 0 unspecified atom stereocenters. The maximum Gasteiger partial charge on any atom is 0.257 e. The standard InChI is InChI=1S/C17H19N3O2/c21-16-12-18-7-6-15(16)17(22)20-10-8-19(9-11-20)13-14-4-2-1-3-5-14/h1-7,12,21H,8-11,13H2. The van der Waals surface area contributed by atoms with Crippen LogP contribution in [0.5, 0.6) is 5.75 Å². The van der Waals surface area contributed by atoms with Gasteiger partial charge < -0.3 is 10.0 Å². The van der Waals surface area contributed by atoms with Crippen LogP contribution in [0.2, 0.25) is 0 Å². The van der Waals surface area contributed by atoms with Crippen molar-refractivity contribution in [3.05, 3.63) is 59.9 Å². The zero-order valence-corrected chi connectivity index (χ0v) is 12.4. The summed E-state index contributed by atoms with van der Waals surface area (Å²) in [6, 6.07) is 11.9. The third-order valence-corrected chi connectivity index (χ3v) is 3.94. The van der Waals surface area contributed by atoms with E-state index in [1.165, 1.54) is 18.0 Å². The van der Waals surface area contributed by atoms with Crippen molar-refractivity contribution in [1.29, 1.82) is 0 Å². The van der Waals surface area contributed by atoms with E-state index in [4.69, 9.17) is 0 Å². The molecule has 0 atom stereocenters. The second kappa shape index (κ2) is 6.58. The zero-order chi connectivity index (χ0) is 15.4. The molecule has 1 fully saturated rings. The quantitative estimate of drug-likeness (QED) is 0.937. The fraction of sp³-hybridized carbons (Fsp3) is 0.294. The van der Waals surface area contributed by atoms with Gasteiger partial charge in [0.1, 0.15) is 5.75 Å². The van der Waals surface area contributed by atoms with Crippen molar-refractivity contribution < 1.29 is 9.90 Å². The predicted octanol–water partition coefficient (Wildman–Crippen LogP) is 1.75. The fourth-order valence-corrected chi connectivity index (χ4v) is 2.69. The highest BCUT2D eigenvalue weighted by molar-refractivity contribution is 5.96. The number of piperazine rings is 1. The van der Waals surface area contributed by atoms with Crippen LogP contribution in [-0.2, 0) is 6.54 Å². The summed E-state index contributed by atoms with van der Waals surface area (Å²) in [5.74, 6) is -0.182. The molecule has 5 heteroatoms. The molecular formula is C17H19N3O2. The molecule has 1 amide bonds. The van der Waals surface area contributed by atoms with Crippen molar-refractivity contribution in [2.45, 2.75) is 6.54 Å². The van der Waals surface area contributed by atoms with Crippen molar-refractivity contribution in [3.8, 4) is 5.75 Å². The van der Waals surface area contributed by atoms with Gasteiger partial charge in [-0.25, -0.2) is 0 Å². The summed E-state index contributed by atoms with van der Waals surface area (Å²) in [4.78, 5) is 20.3. The molecule has 5 nitrogen and oxygen atoms in total. The summed E-state index contributed by atoms with van der Waals surface area (Å²) >= 11 is 0. The molecule has 0 bridgehead atoms. The van der Waals surface area contributed by atoms with Crippen molar-refractivity contribution in [1.82, 2.24) is 14.8 Å². The smallest absolute Gasteiger partial charge is 0.257 e. The fourth-order valence-electron chi connectivity index (χ4n) is 2.69. The Bertz CT molecular complexity index is 637. The van der Waals surface area contributed by atoms with E-state index in [1.807, 2.05) is 18.2 Å². The van der Waals surface area contributed by atoms with Crippen LogP contribution in [0.1, 0.15) is 15.9 Å². The SMILES string of the molecule is O=C(c1ccncc1O)N1CCN(Cc2ccccc2)CC1. The highest BCUT2D eigenvalue weighted by Gasteiger charge is 2.23. The molecule has 0 radical (unpaired) electrons. The second-order valence-corrected chi connectivity index (χ2v) is 5.45. The van der Waals surface area contributed by atoms with E-state index >= 15 is 0 Å². The molecule has 3 rings (SSSR count). The predicted molar refractivity (Wildman–Crippen MR) is 83.5 cm³/mol. The van der Waals surface area contributed by atoms with Crippen LogP contribution in [0.3, 0.4) is 0 Å².